The molecule has 0 radical (unpaired) electrons. The number of unbranched alkanes of at least 4 members (excludes halogenated alkanes) is 1. The molecule has 136 valence electrons. The largest absolute Gasteiger partial charge is 0.370 e. The molecule has 2 aromatic heterocycles. The van der Waals surface area contributed by atoms with Crippen LogP contribution in [0.25, 0.3) is 0 Å². The van der Waals surface area contributed by atoms with E-state index in [1.807, 2.05) is 25.2 Å². The van der Waals surface area contributed by atoms with Gasteiger partial charge in [-0.2, -0.15) is 0 Å². The molecule has 0 amide bonds. The molecule has 3 N–H and O–H groups in total. The first-order valence-electron chi connectivity index (χ1n) is 8.75. The summed E-state index contributed by atoms with van der Waals surface area (Å²) in [5.74, 6) is 1.80. The first-order valence-corrected chi connectivity index (χ1v) is 9.63. The third kappa shape index (κ3) is 6.74. The number of aliphatic imine (C=N–C) groups is 1. The van der Waals surface area contributed by atoms with Gasteiger partial charge in [-0.05, 0) is 36.4 Å². The fourth-order valence-electron chi connectivity index (χ4n) is 2.42. The Kier molecular flexibility index (Phi) is 7.73. The van der Waals surface area contributed by atoms with Crippen LogP contribution in [0.4, 0.5) is 5.82 Å². The average Bonchev–Trinajstić information content (AvgIpc) is 3.17. The molecule has 2 rings (SSSR count). The number of anilines is 1. The van der Waals surface area contributed by atoms with E-state index in [-0.39, 0.29) is 5.41 Å². The third-order valence-corrected chi connectivity index (χ3v) is 5.21. The van der Waals surface area contributed by atoms with Crippen molar-refractivity contribution in [2.24, 2.45) is 4.99 Å². The Morgan fingerprint density at radius 1 is 1.12 bits per heavy atom. The lowest BCUT2D eigenvalue weighted by atomic mass is 9.91. The van der Waals surface area contributed by atoms with Gasteiger partial charge in [0.25, 0.3) is 0 Å². The lowest BCUT2D eigenvalue weighted by Crippen LogP contribution is -2.43. The van der Waals surface area contributed by atoms with E-state index in [0.717, 1.165) is 44.3 Å². The lowest BCUT2D eigenvalue weighted by Gasteiger charge is -2.25. The van der Waals surface area contributed by atoms with E-state index in [2.05, 4.69) is 57.3 Å². The van der Waals surface area contributed by atoms with Crippen LogP contribution >= 0.6 is 11.3 Å². The van der Waals surface area contributed by atoms with E-state index in [9.17, 15) is 0 Å². The first-order chi connectivity index (χ1) is 12.1. The van der Waals surface area contributed by atoms with Crippen molar-refractivity contribution >= 4 is 23.1 Å². The van der Waals surface area contributed by atoms with Crippen molar-refractivity contribution < 1.29 is 0 Å². The van der Waals surface area contributed by atoms with E-state index in [0.29, 0.717) is 0 Å². The molecule has 2 heterocycles. The van der Waals surface area contributed by atoms with Crippen molar-refractivity contribution in [1.29, 1.82) is 0 Å². The van der Waals surface area contributed by atoms with Crippen LogP contribution in [0, 0.1) is 0 Å². The van der Waals surface area contributed by atoms with Gasteiger partial charge in [-0.15, -0.1) is 11.3 Å². The molecule has 0 spiro atoms. The van der Waals surface area contributed by atoms with Crippen molar-refractivity contribution in [3.63, 3.8) is 0 Å². The molecule has 6 heteroatoms. The van der Waals surface area contributed by atoms with Crippen molar-refractivity contribution in [2.75, 3.05) is 32.0 Å². The fourth-order valence-corrected chi connectivity index (χ4v) is 3.27. The van der Waals surface area contributed by atoms with Crippen LogP contribution < -0.4 is 16.0 Å². The maximum absolute atomic E-state index is 4.31. The Balaban J connectivity index is 1.60. The summed E-state index contributed by atoms with van der Waals surface area (Å²) >= 11 is 1.80. The molecule has 0 aliphatic rings. The molecule has 5 nitrogen and oxygen atoms in total. The van der Waals surface area contributed by atoms with Crippen LogP contribution in [0.2, 0.25) is 0 Å². The Hall–Kier alpha value is -2.08. The second kappa shape index (κ2) is 10.0. The highest BCUT2D eigenvalue weighted by Crippen LogP contribution is 2.26. The topological polar surface area (TPSA) is 61.3 Å². The number of aromatic nitrogens is 1. The summed E-state index contributed by atoms with van der Waals surface area (Å²) in [4.78, 5) is 9.95. The minimum Gasteiger partial charge on any atom is -0.370 e. The molecule has 25 heavy (non-hydrogen) atoms. The van der Waals surface area contributed by atoms with Gasteiger partial charge in [0.1, 0.15) is 5.82 Å². The highest BCUT2D eigenvalue weighted by molar-refractivity contribution is 7.10. The van der Waals surface area contributed by atoms with Crippen LogP contribution in [0.5, 0.6) is 0 Å². The molecular formula is C19H29N5S. The van der Waals surface area contributed by atoms with Gasteiger partial charge in [-0.1, -0.05) is 26.0 Å². The van der Waals surface area contributed by atoms with Crippen molar-refractivity contribution in [1.82, 2.24) is 15.6 Å². The average molecular weight is 360 g/mol. The number of rotatable bonds is 9. The van der Waals surface area contributed by atoms with Crippen LogP contribution in [0.1, 0.15) is 31.6 Å². The molecule has 0 aliphatic carbocycles. The first kappa shape index (κ1) is 19.2. The van der Waals surface area contributed by atoms with Gasteiger partial charge >= 0.3 is 0 Å². The predicted molar refractivity (Wildman–Crippen MR) is 109 cm³/mol. The molecule has 0 fully saturated rings. The second-order valence-corrected chi connectivity index (χ2v) is 7.51. The standard InChI is InChI=1S/C19H29N5S/c1-19(2,16-9-8-14-25-16)15-24-18(20-3)23-13-7-6-12-22-17-10-4-5-11-21-17/h4-5,8-11,14H,6-7,12-13,15H2,1-3H3,(H,21,22)(H2,20,23,24). The van der Waals surface area contributed by atoms with E-state index < -0.39 is 0 Å². The number of pyridine rings is 1. The lowest BCUT2D eigenvalue weighted by molar-refractivity contribution is 0.518. The number of hydrogen-bond acceptors (Lipinski definition) is 4. The van der Waals surface area contributed by atoms with Crippen LogP contribution in [-0.4, -0.2) is 37.6 Å². The summed E-state index contributed by atoms with van der Waals surface area (Å²) in [7, 11) is 1.82. The van der Waals surface area contributed by atoms with Crippen molar-refractivity contribution in [3.05, 3.63) is 46.8 Å². The third-order valence-electron chi connectivity index (χ3n) is 3.98. The van der Waals surface area contributed by atoms with Crippen LogP contribution in [-0.2, 0) is 5.41 Å². The van der Waals surface area contributed by atoms with E-state index >= 15 is 0 Å². The molecule has 0 bridgehead atoms. The van der Waals surface area contributed by atoms with Gasteiger partial charge in [0.05, 0.1) is 0 Å². The summed E-state index contributed by atoms with van der Waals surface area (Å²) in [5, 5.41) is 12.3. The van der Waals surface area contributed by atoms with Crippen molar-refractivity contribution in [2.45, 2.75) is 32.1 Å². The number of thiophene rings is 1. The molecule has 2 aromatic rings. The summed E-state index contributed by atoms with van der Waals surface area (Å²) in [6, 6.07) is 10.2. The minimum absolute atomic E-state index is 0.0956. The smallest absolute Gasteiger partial charge is 0.191 e. The zero-order valence-electron chi connectivity index (χ0n) is 15.4. The van der Waals surface area contributed by atoms with E-state index in [1.54, 1.807) is 17.5 Å². The van der Waals surface area contributed by atoms with Crippen molar-refractivity contribution in [3.8, 4) is 0 Å². The Bertz CT molecular complexity index is 623. The van der Waals surface area contributed by atoms with Gasteiger partial charge in [-0.3, -0.25) is 4.99 Å². The van der Waals surface area contributed by atoms with Crippen LogP contribution in [0.3, 0.4) is 0 Å². The Labute approximate surface area is 155 Å². The fraction of sp³-hybridized carbons (Fsp3) is 0.474. The molecule has 0 saturated carbocycles. The Morgan fingerprint density at radius 2 is 1.96 bits per heavy atom. The molecular weight excluding hydrogens is 330 g/mol. The van der Waals surface area contributed by atoms with Gasteiger partial charge in [-0.25, -0.2) is 4.98 Å². The van der Waals surface area contributed by atoms with Gasteiger partial charge in [0.2, 0.25) is 0 Å². The summed E-state index contributed by atoms with van der Waals surface area (Å²) in [5.41, 5.74) is 0.0956. The molecule has 0 unspecified atom stereocenters. The number of guanidine groups is 1. The molecule has 0 aliphatic heterocycles. The maximum atomic E-state index is 4.31. The molecule has 0 aromatic carbocycles. The normalized spacial score (nSPS) is 12.0. The SMILES string of the molecule is CN=C(NCCCCNc1ccccn1)NCC(C)(C)c1cccs1. The maximum Gasteiger partial charge on any atom is 0.191 e. The van der Waals surface area contributed by atoms with E-state index in [4.69, 9.17) is 0 Å². The van der Waals surface area contributed by atoms with Gasteiger partial charge < -0.3 is 16.0 Å². The monoisotopic (exact) mass is 359 g/mol. The summed E-state index contributed by atoms with van der Waals surface area (Å²) in [6.07, 6.45) is 3.97. The zero-order chi connectivity index (χ0) is 18.0. The molecule has 0 saturated heterocycles. The summed E-state index contributed by atoms with van der Waals surface area (Å²) in [6.45, 7) is 7.19. The predicted octanol–water partition coefficient (Wildman–Crippen LogP) is 3.48. The highest BCUT2D eigenvalue weighted by atomic mass is 32.1. The van der Waals surface area contributed by atoms with E-state index in [1.165, 1.54) is 4.88 Å². The van der Waals surface area contributed by atoms with Gasteiger partial charge in [0.15, 0.2) is 5.96 Å². The minimum atomic E-state index is 0.0956. The number of nitrogens with zero attached hydrogens (tertiary/aromatic N) is 2. The summed E-state index contributed by atoms with van der Waals surface area (Å²) < 4.78 is 0. The van der Waals surface area contributed by atoms with Crippen LogP contribution in [0.15, 0.2) is 46.9 Å². The second-order valence-electron chi connectivity index (χ2n) is 6.56. The highest BCUT2D eigenvalue weighted by Gasteiger charge is 2.21. The zero-order valence-corrected chi connectivity index (χ0v) is 16.2. The quantitative estimate of drug-likeness (QED) is 0.364. The van der Waals surface area contributed by atoms with Gasteiger partial charge in [0, 0.05) is 43.2 Å². The Morgan fingerprint density at radius 3 is 2.64 bits per heavy atom. The molecule has 0 atom stereocenters. The number of nitrogens with one attached hydrogen (secondary N) is 3. The number of hydrogen-bond donors (Lipinski definition) is 3.